The van der Waals surface area contributed by atoms with Crippen molar-refractivity contribution in [2.24, 2.45) is 5.92 Å². The molecule has 0 bridgehead atoms. The van der Waals surface area contributed by atoms with E-state index in [2.05, 4.69) is 34.7 Å². The van der Waals surface area contributed by atoms with Crippen molar-refractivity contribution in [3.05, 3.63) is 29.9 Å². The zero-order valence-electron chi connectivity index (χ0n) is 14.7. The van der Waals surface area contributed by atoms with Crippen molar-refractivity contribution < 1.29 is 4.79 Å². The van der Waals surface area contributed by atoms with Gasteiger partial charge < -0.3 is 9.47 Å². The van der Waals surface area contributed by atoms with Crippen LogP contribution in [0.4, 0.5) is 0 Å². The van der Waals surface area contributed by atoms with E-state index in [-0.39, 0.29) is 5.91 Å². The summed E-state index contributed by atoms with van der Waals surface area (Å²) in [5.74, 6) is 2.20. The summed E-state index contributed by atoms with van der Waals surface area (Å²) >= 11 is 0. The fraction of sp³-hybridized carbons (Fsp3) is 0.684. The molecule has 1 saturated carbocycles. The highest BCUT2D eigenvalue weighted by Crippen LogP contribution is 2.30. The molecule has 1 atom stereocenters. The second-order valence-corrected chi connectivity index (χ2v) is 7.55. The highest BCUT2D eigenvalue weighted by molar-refractivity contribution is 5.79. The first-order valence-corrected chi connectivity index (χ1v) is 9.43. The molecule has 0 spiro atoms. The lowest BCUT2D eigenvalue weighted by atomic mass is 10.1. The van der Waals surface area contributed by atoms with Crippen LogP contribution in [0.3, 0.4) is 0 Å². The molecule has 0 N–H and O–H groups in total. The number of rotatable bonds is 4. The second kappa shape index (κ2) is 6.71. The molecule has 0 unspecified atom stereocenters. The zero-order chi connectivity index (χ0) is 16.5. The van der Waals surface area contributed by atoms with Crippen LogP contribution in [-0.4, -0.2) is 51.4 Å². The van der Waals surface area contributed by atoms with Gasteiger partial charge in [0.25, 0.3) is 0 Å². The number of carbonyl (C=O) groups excluding carboxylic acids is 1. The zero-order valence-corrected chi connectivity index (χ0v) is 14.7. The van der Waals surface area contributed by atoms with Gasteiger partial charge in [-0.2, -0.15) is 0 Å². The van der Waals surface area contributed by atoms with Gasteiger partial charge in [-0.25, -0.2) is 4.98 Å². The molecule has 1 amide bonds. The molecular formula is C19H28N4O. The Labute approximate surface area is 144 Å². The minimum absolute atomic E-state index is 0.186. The molecule has 1 aromatic heterocycles. The standard InChI is InChI=1S/C19H28N4O/c1-15-19-20-17(12-18(24)21-8-4-5-9-21)14-23(19)11-10-22(15)13-16-6-2-3-7-16/h4-5,14-16H,2-3,6-13H2,1H3/t15-/m0/s1. The van der Waals surface area contributed by atoms with E-state index in [0.717, 1.165) is 43.6 Å². The van der Waals surface area contributed by atoms with E-state index < -0.39 is 0 Å². The van der Waals surface area contributed by atoms with Crippen molar-refractivity contribution >= 4 is 5.91 Å². The quantitative estimate of drug-likeness (QED) is 0.797. The number of nitrogens with zero attached hydrogens (tertiary/aromatic N) is 4. The van der Waals surface area contributed by atoms with Crippen molar-refractivity contribution in [3.63, 3.8) is 0 Å². The van der Waals surface area contributed by atoms with Crippen molar-refractivity contribution in [1.29, 1.82) is 0 Å². The normalized spacial score (nSPS) is 24.7. The number of fused-ring (bicyclic) bond motifs is 1. The smallest absolute Gasteiger partial charge is 0.229 e. The number of hydrogen-bond acceptors (Lipinski definition) is 3. The maximum Gasteiger partial charge on any atom is 0.229 e. The largest absolute Gasteiger partial charge is 0.335 e. The monoisotopic (exact) mass is 328 g/mol. The van der Waals surface area contributed by atoms with Crippen LogP contribution in [0, 0.1) is 5.92 Å². The molecule has 4 rings (SSSR count). The average Bonchev–Trinajstić information content (AvgIpc) is 3.30. The van der Waals surface area contributed by atoms with Gasteiger partial charge in [-0.3, -0.25) is 9.69 Å². The van der Waals surface area contributed by atoms with Crippen molar-refractivity contribution in [3.8, 4) is 0 Å². The minimum atomic E-state index is 0.186. The molecule has 2 aliphatic heterocycles. The van der Waals surface area contributed by atoms with Gasteiger partial charge in [-0.1, -0.05) is 25.0 Å². The molecule has 24 heavy (non-hydrogen) atoms. The molecule has 5 nitrogen and oxygen atoms in total. The summed E-state index contributed by atoms with van der Waals surface area (Å²) in [5, 5.41) is 0. The number of amides is 1. The number of imidazole rings is 1. The third-order valence-electron chi connectivity index (χ3n) is 5.88. The Balaban J connectivity index is 1.41. The molecule has 1 aromatic rings. The summed E-state index contributed by atoms with van der Waals surface area (Å²) in [6.07, 6.45) is 12.2. The van der Waals surface area contributed by atoms with Crippen LogP contribution in [-0.2, 0) is 17.8 Å². The maximum absolute atomic E-state index is 12.3. The topological polar surface area (TPSA) is 41.4 Å². The van der Waals surface area contributed by atoms with E-state index in [0.29, 0.717) is 12.5 Å². The summed E-state index contributed by atoms with van der Waals surface area (Å²) in [5.41, 5.74) is 0.927. The van der Waals surface area contributed by atoms with Gasteiger partial charge in [0.2, 0.25) is 5.91 Å². The minimum Gasteiger partial charge on any atom is -0.335 e. The molecular weight excluding hydrogens is 300 g/mol. The molecule has 1 aliphatic carbocycles. The van der Waals surface area contributed by atoms with Gasteiger partial charge in [-0.15, -0.1) is 0 Å². The van der Waals surface area contributed by atoms with Crippen LogP contribution in [0.2, 0.25) is 0 Å². The van der Waals surface area contributed by atoms with Crippen molar-refractivity contribution in [1.82, 2.24) is 19.4 Å². The first kappa shape index (κ1) is 15.9. The van der Waals surface area contributed by atoms with Gasteiger partial charge in [0, 0.05) is 38.9 Å². The predicted molar refractivity (Wildman–Crippen MR) is 93.6 cm³/mol. The second-order valence-electron chi connectivity index (χ2n) is 7.55. The van der Waals surface area contributed by atoms with Crippen LogP contribution in [0.1, 0.15) is 50.2 Å². The Bertz CT molecular complexity index is 621. The number of aromatic nitrogens is 2. The van der Waals surface area contributed by atoms with E-state index in [1.807, 2.05) is 4.90 Å². The van der Waals surface area contributed by atoms with Gasteiger partial charge in [0.1, 0.15) is 5.82 Å². The SMILES string of the molecule is C[C@H]1c2nc(CC(=O)N3CC=CC3)cn2CCN1CC1CCCC1. The first-order valence-electron chi connectivity index (χ1n) is 9.43. The van der Waals surface area contributed by atoms with Crippen molar-refractivity contribution in [2.75, 3.05) is 26.2 Å². The Morgan fingerprint density at radius 2 is 1.96 bits per heavy atom. The van der Waals surface area contributed by atoms with E-state index in [4.69, 9.17) is 4.98 Å². The van der Waals surface area contributed by atoms with E-state index in [1.54, 1.807) is 0 Å². The molecule has 130 valence electrons. The fourth-order valence-electron chi connectivity index (χ4n) is 4.40. The lowest BCUT2D eigenvalue weighted by molar-refractivity contribution is -0.129. The maximum atomic E-state index is 12.3. The van der Waals surface area contributed by atoms with Gasteiger partial charge in [0.15, 0.2) is 0 Å². The van der Waals surface area contributed by atoms with E-state index in [1.165, 1.54) is 32.2 Å². The Morgan fingerprint density at radius 3 is 2.71 bits per heavy atom. The van der Waals surface area contributed by atoms with Crippen LogP contribution >= 0.6 is 0 Å². The molecule has 0 saturated heterocycles. The Morgan fingerprint density at radius 1 is 1.21 bits per heavy atom. The molecule has 0 radical (unpaired) electrons. The summed E-state index contributed by atoms with van der Waals surface area (Å²) < 4.78 is 2.26. The molecule has 3 aliphatic rings. The van der Waals surface area contributed by atoms with Crippen LogP contribution in [0.15, 0.2) is 18.3 Å². The third-order valence-corrected chi connectivity index (χ3v) is 5.88. The molecule has 3 heterocycles. The Kier molecular flexibility index (Phi) is 4.44. The van der Waals surface area contributed by atoms with Gasteiger partial charge in [-0.05, 0) is 25.7 Å². The van der Waals surface area contributed by atoms with Crippen molar-refractivity contribution in [2.45, 2.75) is 51.6 Å². The number of carbonyl (C=O) groups is 1. The summed E-state index contributed by atoms with van der Waals surface area (Å²) in [6.45, 7) is 7.07. The average molecular weight is 328 g/mol. The molecule has 5 heteroatoms. The van der Waals surface area contributed by atoms with E-state index in [9.17, 15) is 4.79 Å². The summed E-state index contributed by atoms with van der Waals surface area (Å²) in [4.78, 5) is 21.6. The Hall–Kier alpha value is -1.62. The first-order chi connectivity index (χ1) is 11.7. The molecule has 0 aromatic carbocycles. The van der Waals surface area contributed by atoms with Crippen LogP contribution < -0.4 is 0 Å². The highest BCUT2D eigenvalue weighted by atomic mass is 16.2. The lowest BCUT2D eigenvalue weighted by Crippen LogP contribution is -2.39. The van der Waals surface area contributed by atoms with E-state index >= 15 is 0 Å². The highest BCUT2D eigenvalue weighted by Gasteiger charge is 2.29. The summed E-state index contributed by atoms with van der Waals surface area (Å²) in [7, 11) is 0. The lowest BCUT2D eigenvalue weighted by Gasteiger charge is -2.35. The number of hydrogen-bond donors (Lipinski definition) is 0. The van der Waals surface area contributed by atoms with Crippen LogP contribution in [0.25, 0.3) is 0 Å². The van der Waals surface area contributed by atoms with Gasteiger partial charge in [0.05, 0.1) is 18.2 Å². The summed E-state index contributed by atoms with van der Waals surface area (Å²) in [6, 6.07) is 0.358. The van der Waals surface area contributed by atoms with Gasteiger partial charge >= 0.3 is 0 Å². The molecule has 1 fully saturated rings. The third kappa shape index (κ3) is 3.14. The fourth-order valence-corrected chi connectivity index (χ4v) is 4.40. The predicted octanol–water partition coefficient (Wildman–Crippen LogP) is 2.39. The van der Waals surface area contributed by atoms with Crippen LogP contribution in [0.5, 0.6) is 0 Å².